The van der Waals surface area contributed by atoms with Gasteiger partial charge in [0.15, 0.2) is 0 Å². The first-order chi connectivity index (χ1) is 16.6. The van der Waals surface area contributed by atoms with Crippen LogP contribution in [0, 0.1) is 5.92 Å². The van der Waals surface area contributed by atoms with Crippen molar-refractivity contribution in [2.45, 2.75) is 59.1 Å². The average molecular weight is 482 g/mol. The second-order valence-corrected chi connectivity index (χ2v) is 10.5. The van der Waals surface area contributed by atoms with E-state index in [-0.39, 0.29) is 24.0 Å². The topological polar surface area (TPSA) is 96.9 Å². The Balaban J connectivity index is 1.56. The number of carbonyl (C=O) groups is 2. The van der Waals surface area contributed by atoms with Crippen molar-refractivity contribution >= 4 is 23.8 Å². The Morgan fingerprint density at radius 3 is 2.83 bits per heavy atom. The minimum Gasteiger partial charge on any atom is -0.493 e. The molecule has 9 nitrogen and oxygen atoms in total. The highest BCUT2D eigenvalue weighted by Crippen LogP contribution is 2.28. The van der Waals surface area contributed by atoms with Gasteiger partial charge < -0.3 is 19.7 Å². The molecule has 35 heavy (non-hydrogen) atoms. The van der Waals surface area contributed by atoms with Crippen molar-refractivity contribution in [1.82, 2.24) is 14.9 Å². The van der Waals surface area contributed by atoms with Crippen molar-refractivity contribution in [3.63, 3.8) is 0 Å². The molecule has 2 amide bonds. The number of benzene rings is 1. The standard InChI is InChI=1S/C26H35N5O4/c1-17(2)28-24-27-11-8-22(29-24)31(23(32)20-6-7-21-19(14-20)10-13-34-21)16-18-9-12-30(15-18)25(33)35-26(3,4)5/h6-8,11,14,17-18H,9-10,12-13,15-16H2,1-5H3,(H,27,28,29). The molecule has 4 rings (SSSR count). The summed E-state index contributed by atoms with van der Waals surface area (Å²) < 4.78 is 11.1. The third-order valence-corrected chi connectivity index (χ3v) is 5.90. The number of aromatic nitrogens is 2. The lowest BCUT2D eigenvalue weighted by molar-refractivity contribution is 0.0289. The van der Waals surface area contributed by atoms with Crippen molar-refractivity contribution < 1.29 is 19.1 Å². The molecule has 2 aliphatic rings. The van der Waals surface area contributed by atoms with Crippen molar-refractivity contribution in [3.8, 4) is 5.75 Å². The Labute approximate surface area is 206 Å². The molecule has 0 saturated carbocycles. The maximum Gasteiger partial charge on any atom is 0.410 e. The van der Waals surface area contributed by atoms with E-state index in [0.717, 1.165) is 24.2 Å². The lowest BCUT2D eigenvalue weighted by atomic mass is 10.1. The molecule has 1 atom stereocenters. The van der Waals surface area contributed by atoms with Gasteiger partial charge in [0.25, 0.3) is 5.91 Å². The number of anilines is 2. The van der Waals surface area contributed by atoms with E-state index in [4.69, 9.17) is 9.47 Å². The van der Waals surface area contributed by atoms with Crippen LogP contribution in [0.25, 0.3) is 0 Å². The predicted molar refractivity (Wildman–Crippen MR) is 134 cm³/mol. The number of hydrogen-bond acceptors (Lipinski definition) is 7. The first kappa shape index (κ1) is 24.8. The Morgan fingerprint density at radius 1 is 1.29 bits per heavy atom. The minimum atomic E-state index is -0.546. The molecular formula is C26H35N5O4. The van der Waals surface area contributed by atoms with Crippen LogP contribution >= 0.6 is 0 Å². The first-order valence-electron chi connectivity index (χ1n) is 12.2. The quantitative estimate of drug-likeness (QED) is 0.662. The zero-order chi connectivity index (χ0) is 25.2. The fraction of sp³-hybridized carbons (Fsp3) is 0.538. The monoisotopic (exact) mass is 481 g/mol. The fourth-order valence-corrected chi connectivity index (χ4v) is 4.32. The van der Waals surface area contributed by atoms with Crippen LogP contribution in [0.3, 0.4) is 0 Å². The van der Waals surface area contributed by atoms with Crippen LogP contribution in [0.15, 0.2) is 30.5 Å². The summed E-state index contributed by atoms with van der Waals surface area (Å²) in [6.07, 6.45) is 2.91. The number of likely N-dealkylation sites (tertiary alicyclic amines) is 1. The molecule has 0 bridgehead atoms. The second kappa shape index (κ2) is 10.1. The van der Waals surface area contributed by atoms with Crippen molar-refractivity contribution in [2.75, 3.05) is 36.5 Å². The summed E-state index contributed by atoms with van der Waals surface area (Å²) in [6, 6.07) is 7.48. The molecule has 1 unspecified atom stereocenters. The summed E-state index contributed by atoms with van der Waals surface area (Å²) in [6.45, 7) is 11.8. The third kappa shape index (κ3) is 6.21. The molecule has 3 heterocycles. The molecule has 0 spiro atoms. The van der Waals surface area contributed by atoms with E-state index >= 15 is 0 Å². The molecule has 2 aliphatic heterocycles. The van der Waals surface area contributed by atoms with E-state index in [1.807, 2.05) is 46.8 Å². The average Bonchev–Trinajstić information content (AvgIpc) is 3.44. The van der Waals surface area contributed by atoms with Gasteiger partial charge in [0.2, 0.25) is 5.95 Å². The van der Waals surface area contributed by atoms with Gasteiger partial charge >= 0.3 is 6.09 Å². The van der Waals surface area contributed by atoms with E-state index < -0.39 is 5.60 Å². The zero-order valence-corrected chi connectivity index (χ0v) is 21.2. The predicted octanol–water partition coefficient (Wildman–Crippen LogP) is 4.14. The Hall–Kier alpha value is -3.36. The number of nitrogens with one attached hydrogen (secondary N) is 1. The summed E-state index contributed by atoms with van der Waals surface area (Å²) >= 11 is 0. The lowest BCUT2D eigenvalue weighted by Crippen LogP contribution is -2.39. The second-order valence-electron chi connectivity index (χ2n) is 10.5. The summed E-state index contributed by atoms with van der Waals surface area (Å²) in [5.41, 5.74) is 1.08. The third-order valence-electron chi connectivity index (χ3n) is 5.90. The van der Waals surface area contributed by atoms with Gasteiger partial charge in [-0.1, -0.05) is 0 Å². The highest BCUT2D eigenvalue weighted by Gasteiger charge is 2.33. The van der Waals surface area contributed by atoms with Gasteiger partial charge in [-0.15, -0.1) is 0 Å². The van der Waals surface area contributed by atoms with Crippen LogP contribution in [-0.2, 0) is 11.2 Å². The van der Waals surface area contributed by atoms with E-state index in [9.17, 15) is 9.59 Å². The molecule has 1 aromatic carbocycles. The van der Waals surface area contributed by atoms with Gasteiger partial charge in [0, 0.05) is 43.9 Å². The van der Waals surface area contributed by atoms with Gasteiger partial charge in [0.1, 0.15) is 17.2 Å². The summed E-state index contributed by atoms with van der Waals surface area (Å²) in [7, 11) is 0. The van der Waals surface area contributed by atoms with Crippen molar-refractivity contribution in [1.29, 1.82) is 0 Å². The zero-order valence-electron chi connectivity index (χ0n) is 21.2. The van der Waals surface area contributed by atoms with Crippen molar-refractivity contribution in [2.24, 2.45) is 5.92 Å². The smallest absolute Gasteiger partial charge is 0.410 e. The van der Waals surface area contributed by atoms with Gasteiger partial charge in [-0.25, -0.2) is 9.78 Å². The minimum absolute atomic E-state index is 0.0979. The summed E-state index contributed by atoms with van der Waals surface area (Å²) in [4.78, 5) is 38.7. The summed E-state index contributed by atoms with van der Waals surface area (Å²) in [5, 5.41) is 3.20. The molecule has 2 aromatic rings. The molecule has 188 valence electrons. The highest BCUT2D eigenvalue weighted by molar-refractivity contribution is 6.06. The normalized spacial score (nSPS) is 17.2. The maximum absolute atomic E-state index is 13.8. The van der Waals surface area contributed by atoms with Crippen LogP contribution in [0.4, 0.5) is 16.6 Å². The van der Waals surface area contributed by atoms with Gasteiger partial charge in [-0.2, -0.15) is 4.98 Å². The summed E-state index contributed by atoms with van der Waals surface area (Å²) in [5.74, 6) is 1.80. The maximum atomic E-state index is 13.8. The Morgan fingerprint density at radius 2 is 2.09 bits per heavy atom. The van der Waals surface area contributed by atoms with E-state index in [0.29, 0.717) is 43.6 Å². The molecule has 1 fully saturated rings. The molecule has 0 radical (unpaired) electrons. The molecule has 1 saturated heterocycles. The van der Waals surface area contributed by atoms with Gasteiger partial charge in [0.05, 0.1) is 6.61 Å². The number of nitrogens with zero attached hydrogens (tertiary/aromatic N) is 4. The SMILES string of the molecule is CC(C)Nc1nccc(N(CC2CCN(C(=O)OC(C)(C)C)C2)C(=O)c2ccc3c(c2)CCO3)n1. The van der Waals surface area contributed by atoms with Crippen LogP contribution in [-0.4, -0.2) is 64.8 Å². The number of carbonyl (C=O) groups excluding carboxylic acids is 2. The van der Waals surface area contributed by atoms with Gasteiger partial charge in [-0.3, -0.25) is 9.69 Å². The lowest BCUT2D eigenvalue weighted by Gasteiger charge is -2.27. The number of ether oxygens (including phenoxy) is 2. The Bertz CT molecular complexity index is 1080. The number of hydrogen-bond donors (Lipinski definition) is 1. The van der Waals surface area contributed by atoms with E-state index in [1.165, 1.54) is 0 Å². The van der Waals surface area contributed by atoms with E-state index in [1.54, 1.807) is 28.1 Å². The molecule has 0 aliphatic carbocycles. The van der Waals surface area contributed by atoms with Crippen LogP contribution in [0.5, 0.6) is 5.75 Å². The number of amides is 2. The van der Waals surface area contributed by atoms with Crippen LogP contribution in [0.2, 0.25) is 0 Å². The van der Waals surface area contributed by atoms with Gasteiger partial charge in [-0.05, 0) is 76.8 Å². The number of rotatable bonds is 6. The van der Waals surface area contributed by atoms with Crippen LogP contribution in [0.1, 0.15) is 57.0 Å². The largest absolute Gasteiger partial charge is 0.493 e. The molecular weight excluding hydrogens is 446 g/mol. The fourth-order valence-electron chi connectivity index (χ4n) is 4.32. The highest BCUT2D eigenvalue weighted by atomic mass is 16.6. The number of fused-ring (bicyclic) bond motifs is 1. The van der Waals surface area contributed by atoms with E-state index in [2.05, 4.69) is 15.3 Å². The molecule has 1 aromatic heterocycles. The van der Waals surface area contributed by atoms with Crippen molar-refractivity contribution in [3.05, 3.63) is 41.6 Å². The molecule has 9 heteroatoms. The first-order valence-corrected chi connectivity index (χ1v) is 12.2. The van der Waals surface area contributed by atoms with Crippen LogP contribution < -0.4 is 15.0 Å². The molecule has 1 N–H and O–H groups in total. The Kier molecular flexibility index (Phi) is 7.14.